The number of hydrogen-bond acceptors (Lipinski definition) is 6. The van der Waals surface area contributed by atoms with Crippen LogP contribution in [0.15, 0.2) is 0 Å². The standard InChI is InChI=1S/C9H17NO5S/c1-2-15-8(12)7(11)9(5-10)3-4-16(13,14)6-9/h7,11H,2-6,10H2,1H3. The van der Waals surface area contributed by atoms with E-state index in [2.05, 4.69) is 4.74 Å². The topological polar surface area (TPSA) is 107 Å². The lowest BCUT2D eigenvalue weighted by Gasteiger charge is -2.29. The number of sulfone groups is 1. The highest BCUT2D eigenvalue weighted by Gasteiger charge is 2.49. The van der Waals surface area contributed by atoms with Crippen molar-refractivity contribution in [3.8, 4) is 0 Å². The Balaban J connectivity index is 2.86. The predicted molar refractivity (Wildman–Crippen MR) is 57.4 cm³/mol. The molecule has 94 valence electrons. The molecular weight excluding hydrogens is 234 g/mol. The first-order chi connectivity index (χ1) is 7.37. The van der Waals surface area contributed by atoms with Gasteiger partial charge in [0.2, 0.25) is 0 Å². The highest BCUT2D eigenvalue weighted by molar-refractivity contribution is 7.91. The monoisotopic (exact) mass is 251 g/mol. The average molecular weight is 251 g/mol. The maximum Gasteiger partial charge on any atom is 0.335 e. The summed E-state index contributed by atoms with van der Waals surface area (Å²) in [5, 5.41) is 9.81. The van der Waals surface area contributed by atoms with E-state index in [4.69, 9.17) is 5.73 Å². The molecule has 1 aliphatic heterocycles. The Morgan fingerprint density at radius 1 is 1.62 bits per heavy atom. The molecule has 0 aromatic rings. The number of carbonyl (C=O) groups is 1. The maximum atomic E-state index is 11.4. The van der Waals surface area contributed by atoms with Gasteiger partial charge in [0.25, 0.3) is 0 Å². The Morgan fingerprint density at radius 3 is 2.62 bits per heavy atom. The number of esters is 1. The molecule has 1 aliphatic rings. The number of hydrogen-bond donors (Lipinski definition) is 2. The van der Waals surface area contributed by atoms with Gasteiger partial charge in [0.15, 0.2) is 15.9 Å². The van der Waals surface area contributed by atoms with E-state index >= 15 is 0 Å². The summed E-state index contributed by atoms with van der Waals surface area (Å²) in [5.41, 5.74) is 4.41. The van der Waals surface area contributed by atoms with E-state index in [9.17, 15) is 18.3 Å². The van der Waals surface area contributed by atoms with Crippen LogP contribution in [-0.4, -0.2) is 50.3 Å². The molecule has 1 fully saturated rings. The van der Waals surface area contributed by atoms with Gasteiger partial charge in [-0.1, -0.05) is 0 Å². The van der Waals surface area contributed by atoms with Gasteiger partial charge in [-0.05, 0) is 13.3 Å². The number of rotatable bonds is 4. The largest absolute Gasteiger partial charge is 0.464 e. The second-order valence-corrected chi connectivity index (χ2v) is 6.25. The molecule has 3 N–H and O–H groups in total. The third kappa shape index (κ3) is 2.53. The summed E-state index contributed by atoms with van der Waals surface area (Å²) >= 11 is 0. The fourth-order valence-electron chi connectivity index (χ4n) is 1.90. The van der Waals surface area contributed by atoms with Gasteiger partial charge < -0.3 is 15.6 Å². The molecule has 0 radical (unpaired) electrons. The first kappa shape index (κ1) is 13.4. The molecule has 2 unspecified atom stereocenters. The van der Waals surface area contributed by atoms with Gasteiger partial charge in [0.05, 0.1) is 18.1 Å². The number of carbonyl (C=O) groups excluding carboxylic acids is 1. The Bertz CT molecular complexity index is 366. The molecule has 0 bridgehead atoms. The molecule has 1 saturated heterocycles. The molecule has 0 spiro atoms. The first-order valence-electron chi connectivity index (χ1n) is 5.12. The molecular formula is C9H17NO5S. The average Bonchev–Trinajstić information content (AvgIpc) is 2.55. The lowest BCUT2D eigenvalue weighted by Crippen LogP contribution is -2.47. The summed E-state index contributed by atoms with van der Waals surface area (Å²) in [6.07, 6.45) is -1.26. The second kappa shape index (κ2) is 4.68. The molecule has 1 rings (SSSR count). The molecule has 0 amide bonds. The van der Waals surface area contributed by atoms with Crippen LogP contribution in [0.1, 0.15) is 13.3 Å². The molecule has 0 aromatic heterocycles. The van der Waals surface area contributed by atoms with Gasteiger partial charge in [-0.2, -0.15) is 0 Å². The third-order valence-electron chi connectivity index (χ3n) is 2.91. The SMILES string of the molecule is CCOC(=O)C(O)C1(CN)CCS(=O)(=O)C1. The summed E-state index contributed by atoms with van der Waals surface area (Å²) in [6.45, 7) is 1.71. The quantitative estimate of drug-likeness (QED) is 0.600. The predicted octanol–water partition coefficient (Wildman–Crippen LogP) is -1.33. The van der Waals surface area contributed by atoms with Crippen molar-refractivity contribution in [3.63, 3.8) is 0 Å². The van der Waals surface area contributed by atoms with E-state index in [1.165, 1.54) is 0 Å². The van der Waals surface area contributed by atoms with Crippen molar-refractivity contribution in [2.24, 2.45) is 11.1 Å². The van der Waals surface area contributed by atoms with Crippen LogP contribution in [0, 0.1) is 5.41 Å². The molecule has 0 saturated carbocycles. The van der Waals surface area contributed by atoms with Crippen molar-refractivity contribution in [2.45, 2.75) is 19.4 Å². The van der Waals surface area contributed by atoms with E-state index in [1.54, 1.807) is 6.92 Å². The lowest BCUT2D eigenvalue weighted by atomic mass is 9.81. The van der Waals surface area contributed by atoms with Crippen molar-refractivity contribution in [1.82, 2.24) is 0 Å². The van der Waals surface area contributed by atoms with E-state index in [0.717, 1.165) is 0 Å². The number of ether oxygens (including phenoxy) is 1. The van der Waals surface area contributed by atoms with Gasteiger partial charge in [-0.15, -0.1) is 0 Å². The summed E-state index contributed by atoms with van der Waals surface area (Å²) < 4.78 is 27.4. The minimum absolute atomic E-state index is 0.0410. The van der Waals surface area contributed by atoms with Crippen LogP contribution >= 0.6 is 0 Å². The Labute approximate surface area is 94.7 Å². The third-order valence-corrected chi connectivity index (χ3v) is 4.76. The Kier molecular flexibility index (Phi) is 3.92. The molecule has 0 aromatic carbocycles. The maximum absolute atomic E-state index is 11.4. The van der Waals surface area contributed by atoms with E-state index in [1.807, 2.05) is 0 Å². The van der Waals surface area contributed by atoms with Crippen LogP contribution in [0.3, 0.4) is 0 Å². The smallest absolute Gasteiger partial charge is 0.335 e. The zero-order valence-corrected chi connectivity index (χ0v) is 10.00. The fraction of sp³-hybridized carbons (Fsp3) is 0.889. The minimum atomic E-state index is -3.21. The van der Waals surface area contributed by atoms with Crippen molar-refractivity contribution in [1.29, 1.82) is 0 Å². The van der Waals surface area contributed by atoms with Crippen LogP contribution in [0.25, 0.3) is 0 Å². The summed E-state index contributed by atoms with van der Waals surface area (Å²) in [7, 11) is -3.21. The Hall–Kier alpha value is -0.660. The van der Waals surface area contributed by atoms with Crippen LogP contribution in [0.5, 0.6) is 0 Å². The highest BCUT2D eigenvalue weighted by Crippen LogP contribution is 2.35. The van der Waals surface area contributed by atoms with Gasteiger partial charge in [0.1, 0.15) is 0 Å². The Morgan fingerprint density at radius 2 is 2.25 bits per heavy atom. The molecule has 6 nitrogen and oxygen atoms in total. The van der Waals surface area contributed by atoms with Crippen LogP contribution in [-0.2, 0) is 19.4 Å². The normalized spacial score (nSPS) is 29.9. The van der Waals surface area contributed by atoms with Crippen LogP contribution in [0.4, 0.5) is 0 Å². The first-order valence-corrected chi connectivity index (χ1v) is 6.94. The highest BCUT2D eigenvalue weighted by atomic mass is 32.2. The second-order valence-electron chi connectivity index (χ2n) is 4.06. The number of nitrogens with two attached hydrogens (primary N) is 1. The van der Waals surface area contributed by atoms with Crippen molar-refractivity contribution < 1.29 is 23.1 Å². The van der Waals surface area contributed by atoms with Crippen molar-refractivity contribution in [2.75, 3.05) is 24.7 Å². The van der Waals surface area contributed by atoms with Crippen LogP contribution < -0.4 is 5.73 Å². The van der Waals surface area contributed by atoms with Crippen molar-refractivity contribution in [3.05, 3.63) is 0 Å². The summed E-state index contributed by atoms with van der Waals surface area (Å²) in [4.78, 5) is 11.4. The van der Waals surface area contributed by atoms with E-state index in [0.29, 0.717) is 0 Å². The zero-order chi connectivity index (χ0) is 12.4. The molecule has 7 heteroatoms. The zero-order valence-electron chi connectivity index (χ0n) is 9.18. The number of aliphatic hydroxyl groups excluding tert-OH is 1. The molecule has 16 heavy (non-hydrogen) atoms. The van der Waals surface area contributed by atoms with Crippen LogP contribution in [0.2, 0.25) is 0 Å². The minimum Gasteiger partial charge on any atom is -0.464 e. The van der Waals surface area contributed by atoms with E-state index < -0.39 is 27.3 Å². The molecule has 1 heterocycles. The van der Waals surface area contributed by atoms with Gasteiger partial charge in [-0.25, -0.2) is 13.2 Å². The van der Waals surface area contributed by atoms with Gasteiger partial charge in [0, 0.05) is 12.0 Å². The summed E-state index contributed by atoms with van der Waals surface area (Å²) in [6, 6.07) is 0. The van der Waals surface area contributed by atoms with Gasteiger partial charge in [-0.3, -0.25) is 0 Å². The van der Waals surface area contributed by atoms with E-state index in [-0.39, 0.29) is 31.1 Å². The number of aliphatic hydroxyl groups is 1. The lowest BCUT2D eigenvalue weighted by molar-refractivity contribution is -0.159. The fourth-order valence-corrected chi connectivity index (χ4v) is 4.06. The van der Waals surface area contributed by atoms with Gasteiger partial charge >= 0.3 is 5.97 Å². The molecule has 2 atom stereocenters. The summed E-state index contributed by atoms with van der Waals surface area (Å²) in [5.74, 6) is -1.10. The molecule has 0 aliphatic carbocycles. The van der Waals surface area contributed by atoms with Crippen molar-refractivity contribution >= 4 is 15.8 Å².